The zero-order valence-corrected chi connectivity index (χ0v) is 19.1. The van der Waals surface area contributed by atoms with E-state index in [0.29, 0.717) is 12.0 Å². The summed E-state index contributed by atoms with van der Waals surface area (Å²) in [6.45, 7) is 2.87. The maximum absolute atomic E-state index is 4.45. The summed E-state index contributed by atoms with van der Waals surface area (Å²) in [6, 6.07) is 5.15. The van der Waals surface area contributed by atoms with Crippen molar-refractivity contribution in [2.45, 2.75) is 24.9 Å². The van der Waals surface area contributed by atoms with E-state index in [1.54, 1.807) is 0 Å². The molecule has 0 bridgehead atoms. The molecule has 8 heteroatoms. The lowest BCUT2D eigenvalue weighted by Gasteiger charge is -2.39. The van der Waals surface area contributed by atoms with Gasteiger partial charge in [0.2, 0.25) is 0 Å². The van der Waals surface area contributed by atoms with Gasteiger partial charge in [0.05, 0.1) is 12.2 Å². The van der Waals surface area contributed by atoms with Crippen LogP contribution >= 0.6 is 11.3 Å². The number of nitrogens with zero attached hydrogens (tertiary/aromatic N) is 5. The number of aromatic nitrogens is 2. The summed E-state index contributed by atoms with van der Waals surface area (Å²) in [6.07, 6.45) is 6.51. The summed E-state index contributed by atoms with van der Waals surface area (Å²) >= 11 is 1.87. The number of aliphatic imine (C=N–C) groups is 1. The number of likely N-dealkylation sites (N-methyl/N-ethyl adjacent to an activating group) is 1. The molecular formula is C21H35N7S. The Kier molecular flexibility index (Phi) is 7.69. The predicted molar refractivity (Wildman–Crippen MR) is 121 cm³/mol. The second-order valence-electron chi connectivity index (χ2n) is 8.10. The van der Waals surface area contributed by atoms with Crippen LogP contribution in [0.3, 0.4) is 0 Å². The molecule has 0 saturated carbocycles. The van der Waals surface area contributed by atoms with Gasteiger partial charge in [0.1, 0.15) is 0 Å². The van der Waals surface area contributed by atoms with Gasteiger partial charge in [0.25, 0.3) is 0 Å². The van der Waals surface area contributed by atoms with Crippen LogP contribution in [0.15, 0.2) is 34.9 Å². The molecule has 3 unspecified atom stereocenters. The summed E-state index contributed by atoms with van der Waals surface area (Å²) in [4.78, 5) is 10.6. The Morgan fingerprint density at radius 1 is 1.38 bits per heavy atom. The van der Waals surface area contributed by atoms with Crippen molar-refractivity contribution in [3.05, 3.63) is 40.3 Å². The number of nitrogens with one attached hydrogen (secondary N) is 2. The van der Waals surface area contributed by atoms with E-state index in [-0.39, 0.29) is 6.04 Å². The highest BCUT2D eigenvalue weighted by atomic mass is 32.1. The van der Waals surface area contributed by atoms with Gasteiger partial charge in [0, 0.05) is 49.9 Å². The molecule has 2 aromatic heterocycles. The summed E-state index contributed by atoms with van der Waals surface area (Å²) in [7, 11) is 10.2. The third-order valence-corrected chi connectivity index (χ3v) is 6.74. The lowest BCUT2D eigenvalue weighted by molar-refractivity contribution is 0.125. The second kappa shape index (κ2) is 10.2. The fourth-order valence-electron chi connectivity index (χ4n) is 4.24. The maximum Gasteiger partial charge on any atom is 0.191 e. The molecule has 3 atom stereocenters. The predicted octanol–water partition coefficient (Wildman–Crippen LogP) is 2.33. The van der Waals surface area contributed by atoms with Gasteiger partial charge in [-0.1, -0.05) is 6.07 Å². The molecule has 29 heavy (non-hydrogen) atoms. The standard InChI is InChI=1S/C21H35N7S/c1-22-21(24-14-18(26(2)3)17-13-25-28(5)15-17)23-12-16-8-6-10-27(4)20(16)19-9-7-11-29-19/h7,9,11,13,15-16,18,20H,6,8,10,12,14H2,1-5H3,(H2,22,23,24). The Morgan fingerprint density at radius 3 is 2.83 bits per heavy atom. The Balaban J connectivity index is 1.58. The second-order valence-corrected chi connectivity index (χ2v) is 9.08. The molecule has 2 N–H and O–H groups in total. The Hall–Kier alpha value is -1.90. The molecule has 0 aromatic carbocycles. The maximum atomic E-state index is 4.45. The number of thiophene rings is 1. The molecule has 2 aromatic rings. The van der Waals surface area contributed by atoms with E-state index < -0.39 is 0 Å². The number of hydrogen-bond acceptors (Lipinski definition) is 5. The number of likely N-dealkylation sites (tertiary alicyclic amines) is 1. The molecule has 1 aliphatic rings. The summed E-state index contributed by atoms with van der Waals surface area (Å²) in [5.74, 6) is 1.44. The third kappa shape index (κ3) is 5.58. The van der Waals surface area contributed by atoms with E-state index in [1.165, 1.54) is 29.8 Å². The summed E-state index contributed by atoms with van der Waals surface area (Å²) < 4.78 is 1.85. The van der Waals surface area contributed by atoms with Crippen molar-refractivity contribution < 1.29 is 0 Å². The average molecular weight is 418 g/mol. The minimum Gasteiger partial charge on any atom is -0.356 e. The molecule has 0 aliphatic carbocycles. The van der Waals surface area contributed by atoms with Crippen molar-refractivity contribution in [3.8, 4) is 0 Å². The topological polar surface area (TPSA) is 60.7 Å². The molecule has 160 valence electrons. The molecule has 0 spiro atoms. The first-order valence-corrected chi connectivity index (χ1v) is 11.2. The molecule has 0 amide bonds. The highest BCUT2D eigenvalue weighted by molar-refractivity contribution is 7.10. The van der Waals surface area contributed by atoms with Crippen LogP contribution in [0.1, 0.15) is 35.4 Å². The number of aryl methyl sites for hydroxylation is 1. The van der Waals surface area contributed by atoms with Gasteiger partial charge in [-0.2, -0.15) is 5.10 Å². The number of piperidine rings is 1. The average Bonchev–Trinajstić information content (AvgIpc) is 3.36. The van der Waals surface area contributed by atoms with E-state index in [0.717, 1.165) is 19.0 Å². The van der Waals surface area contributed by atoms with Crippen LogP contribution in [0.5, 0.6) is 0 Å². The van der Waals surface area contributed by atoms with Gasteiger partial charge in [-0.05, 0) is 57.9 Å². The van der Waals surface area contributed by atoms with Crippen LogP contribution in [0, 0.1) is 5.92 Å². The molecule has 1 aliphatic heterocycles. The molecule has 7 nitrogen and oxygen atoms in total. The van der Waals surface area contributed by atoms with Crippen LogP contribution in [-0.4, -0.2) is 73.4 Å². The van der Waals surface area contributed by atoms with Crippen molar-refractivity contribution in [1.29, 1.82) is 0 Å². The SMILES string of the molecule is CN=C(NCC1CCCN(C)C1c1cccs1)NCC(c1cnn(C)c1)N(C)C. The Bertz CT molecular complexity index is 768. The number of guanidine groups is 1. The number of hydrogen-bond donors (Lipinski definition) is 2. The third-order valence-electron chi connectivity index (χ3n) is 5.79. The van der Waals surface area contributed by atoms with Gasteiger partial charge >= 0.3 is 0 Å². The van der Waals surface area contributed by atoms with Crippen LogP contribution in [-0.2, 0) is 7.05 Å². The van der Waals surface area contributed by atoms with Crippen LogP contribution < -0.4 is 10.6 Å². The van der Waals surface area contributed by atoms with Gasteiger partial charge in [-0.15, -0.1) is 11.3 Å². The minimum absolute atomic E-state index is 0.238. The zero-order chi connectivity index (χ0) is 20.8. The van der Waals surface area contributed by atoms with Crippen LogP contribution in [0.4, 0.5) is 0 Å². The first-order chi connectivity index (χ1) is 14.0. The largest absolute Gasteiger partial charge is 0.356 e. The smallest absolute Gasteiger partial charge is 0.191 e. The fraction of sp³-hybridized carbons (Fsp3) is 0.619. The molecule has 3 rings (SSSR count). The van der Waals surface area contributed by atoms with Crippen molar-refractivity contribution in [2.24, 2.45) is 18.0 Å². The van der Waals surface area contributed by atoms with Crippen molar-refractivity contribution in [2.75, 3.05) is 47.8 Å². The van der Waals surface area contributed by atoms with Gasteiger partial charge in [-0.3, -0.25) is 14.6 Å². The van der Waals surface area contributed by atoms with Crippen LogP contribution in [0.25, 0.3) is 0 Å². The van der Waals surface area contributed by atoms with Gasteiger partial charge in [-0.25, -0.2) is 0 Å². The highest BCUT2D eigenvalue weighted by Gasteiger charge is 2.31. The Labute approximate surface area is 178 Å². The fourth-order valence-corrected chi connectivity index (χ4v) is 5.22. The molecule has 3 heterocycles. The van der Waals surface area contributed by atoms with Gasteiger partial charge in [0.15, 0.2) is 5.96 Å². The quantitative estimate of drug-likeness (QED) is 0.535. The van der Waals surface area contributed by atoms with Crippen molar-refractivity contribution in [3.63, 3.8) is 0 Å². The molecule has 1 saturated heterocycles. The van der Waals surface area contributed by atoms with E-state index in [1.807, 2.05) is 36.3 Å². The summed E-state index contributed by atoms with van der Waals surface area (Å²) in [5.41, 5.74) is 1.20. The summed E-state index contributed by atoms with van der Waals surface area (Å²) in [5, 5.41) is 13.6. The van der Waals surface area contributed by atoms with Crippen LogP contribution in [0.2, 0.25) is 0 Å². The van der Waals surface area contributed by atoms with E-state index in [2.05, 4.69) is 75.4 Å². The zero-order valence-electron chi connectivity index (χ0n) is 18.3. The molecular weight excluding hydrogens is 382 g/mol. The first kappa shape index (κ1) is 21.8. The molecule has 1 fully saturated rings. The Morgan fingerprint density at radius 2 is 2.21 bits per heavy atom. The van der Waals surface area contributed by atoms with Crippen molar-refractivity contribution >= 4 is 17.3 Å². The first-order valence-electron chi connectivity index (χ1n) is 10.3. The molecule has 0 radical (unpaired) electrons. The van der Waals surface area contributed by atoms with Crippen molar-refractivity contribution in [1.82, 2.24) is 30.2 Å². The monoisotopic (exact) mass is 417 g/mol. The number of rotatable bonds is 7. The minimum atomic E-state index is 0.238. The highest BCUT2D eigenvalue weighted by Crippen LogP contribution is 2.36. The normalized spacial score (nSPS) is 22.1. The lowest BCUT2D eigenvalue weighted by atomic mass is 9.88. The van der Waals surface area contributed by atoms with E-state index in [4.69, 9.17) is 0 Å². The van der Waals surface area contributed by atoms with E-state index >= 15 is 0 Å². The van der Waals surface area contributed by atoms with E-state index in [9.17, 15) is 0 Å². The van der Waals surface area contributed by atoms with Gasteiger partial charge < -0.3 is 15.5 Å². The lowest BCUT2D eigenvalue weighted by Crippen LogP contribution is -2.46.